The molecular weight excluding hydrogens is 194 g/mol. The van der Waals surface area contributed by atoms with Gasteiger partial charge in [-0.3, -0.25) is 4.79 Å². The molecule has 3 N–H and O–H groups in total. The molecule has 1 atom stereocenters. The zero-order valence-corrected chi connectivity index (χ0v) is 8.06. The van der Waals surface area contributed by atoms with Crippen molar-refractivity contribution in [2.45, 2.75) is 24.5 Å². The molecule has 1 aromatic rings. The van der Waals surface area contributed by atoms with Gasteiger partial charge >= 0.3 is 0 Å². The maximum atomic E-state index is 11.7. The number of rotatable bonds is 1. The molecule has 15 heavy (non-hydrogen) atoms. The van der Waals surface area contributed by atoms with Crippen LogP contribution in [0.2, 0.25) is 0 Å². The van der Waals surface area contributed by atoms with Gasteiger partial charge in [-0.05, 0) is 25.0 Å². The molecule has 0 spiro atoms. The number of carbonyl (C=O) groups excluding carboxylic acids is 1. The Balaban J connectivity index is 1.95. The second-order valence-electron chi connectivity index (χ2n) is 4.07. The Bertz CT molecular complexity index is 428. The SMILES string of the molecule is NC1(C2Oc3cccnc3NC2=O)CC1. The first-order chi connectivity index (χ1) is 7.19. The summed E-state index contributed by atoms with van der Waals surface area (Å²) in [5.74, 6) is 0.878. The minimum Gasteiger partial charge on any atom is -0.475 e. The molecule has 1 saturated carbocycles. The van der Waals surface area contributed by atoms with Crippen molar-refractivity contribution in [1.29, 1.82) is 0 Å². The van der Waals surface area contributed by atoms with Crippen LogP contribution in [-0.2, 0) is 4.79 Å². The Morgan fingerprint density at radius 2 is 2.40 bits per heavy atom. The van der Waals surface area contributed by atoms with Gasteiger partial charge in [-0.2, -0.15) is 0 Å². The molecule has 0 radical (unpaired) electrons. The molecule has 0 saturated heterocycles. The number of hydrogen-bond acceptors (Lipinski definition) is 4. The lowest BCUT2D eigenvalue weighted by Crippen LogP contribution is -2.51. The summed E-state index contributed by atoms with van der Waals surface area (Å²) in [6.45, 7) is 0. The van der Waals surface area contributed by atoms with Crippen molar-refractivity contribution >= 4 is 11.7 Å². The molecule has 1 aliphatic carbocycles. The fourth-order valence-electron chi connectivity index (χ4n) is 1.73. The third-order valence-electron chi connectivity index (χ3n) is 2.84. The summed E-state index contributed by atoms with van der Waals surface area (Å²) in [5.41, 5.74) is 5.49. The zero-order valence-electron chi connectivity index (χ0n) is 8.06. The molecule has 5 heteroatoms. The predicted molar refractivity (Wildman–Crippen MR) is 53.4 cm³/mol. The average Bonchev–Trinajstić information content (AvgIpc) is 2.96. The molecule has 2 heterocycles. The molecule has 5 nitrogen and oxygen atoms in total. The van der Waals surface area contributed by atoms with E-state index in [0.29, 0.717) is 11.6 Å². The summed E-state index contributed by atoms with van der Waals surface area (Å²) in [5, 5.41) is 2.70. The highest BCUT2D eigenvalue weighted by molar-refractivity contribution is 5.98. The molecule has 0 bridgehead atoms. The Hall–Kier alpha value is -1.62. The second-order valence-corrected chi connectivity index (χ2v) is 4.07. The number of amides is 1. The van der Waals surface area contributed by atoms with E-state index in [4.69, 9.17) is 10.5 Å². The summed E-state index contributed by atoms with van der Waals surface area (Å²) in [6, 6.07) is 3.55. The van der Waals surface area contributed by atoms with Crippen molar-refractivity contribution in [2.24, 2.45) is 5.73 Å². The van der Waals surface area contributed by atoms with Gasteiger partial charge in [0.2, 0.25) is 0 Å². The molecule has 1 aromatic heterocycles. The van der Waals surface area contributed by atoms with Gasteiger partial charge in [-0.25, -0.2) is 4.98 Å². The first kappa shape index (κ1) is 8.67. The van der Waals surface area contributed by atoms with E-state index >= 15 is 0 Å². The van der Waals surface area contributed by atoms with Crippen molar-refractivity contribution in [2.75, 3.05) is 5.32 Å². The van der Waals surface area contributed by atoms with Gasteiger partial charge in [-0.1, -0.05) is 0 Å². The van der Waals surface area contributed by atoms with Crippen LogP contribution in [0.4, 0.5) is 5.82 Å². The first-order valence-corrected chi connectivity index (χ1v) is 4.90. The van der Waals surface area contributed by atoms with Gasteiger partial charge in [0.25, 0.3) is 5.91 Å². The van der Waals surface area contributed by atoms with E-state index in [1.54, 1.807) is 18.3 Å². The second kappa shape index (κ2) is 2.70. The molecule has 2 aliphatic rings. The van der Waals surface area contributed by atoms with Crippen LogP contribution in [0.1, 0.15) is 12.8 Å². The standard InChI is InChI=1S/C10H11N3O2/c11-10(3-4-10)7-9(14)13-8-6(15-7)2-1-5-12-8/h1-2,5,7H,3-4,11H2,(H,12,13,14). The number of ether oxygens (including phenoxy) is 1. The number of nitrogens with two attached hydrogens (primary N) is 1. The molecular formula is C10H11N3O2. The largest absolute Gasteiger partial charge is 0.475 e. The minimum atomic E-state index is -0.575. The lowest BCUT2D eigenvalue weighted by molar-refractivity contribution is -0.124. The monoisotopic (exact) mass is 205 g/mol. The quantitative estimate of drug-likeness (QED) is 0.690. The van der Waals surface area contributed by atoms with Crippen molar-refractivity contribution in [3.8, 4) is 5.75 Å². The van der Waals surface area contributed by atoms with E-state index in [1.165, 1.54) is 0 Å². The number of carbonyl (C=O) groups is 1. The minimum absolute atomic E-state index is 0.193. The highest BCUT2D eigenvalue weighted by Crippen LogP contribution is 2.41. The number of nitrogens with zero attached hydrogens (tertiary/aromatic N) is 1. The van der Waals surface area contributed by atoms with Crippen molar-refractivity contribution in [3.63, 3.8) is 0 Å². The van der Waals surface area contributed by atoms with Gasteiger partial charge in [0.15, 0.2) is 17.7 Å². The van der Waals surface area contributed by atoms with Gasteiger partial charge in [0.1, 0.15) is 0 Å². The molecule has 78 valence electrons. The Morgan fingerprint density at radius 3 is 3.13 bits per heavy atom. The lowest BCUT2D eigenvalue weighted by atomic mass is 10.1. The van der Waals surface area contributed by atoms with Crippen molar-refractivity contribution in [3.05, 3.63) is 18.3 Å². The van der Waals surface area contributed by atoms with Gasteiger partial charge < -0.3 is 15.8 Å². The van der Waals surface area contributed by atoms with Crippen molar-refractivity contribution in [1.82, 2.24) is 4.98 Å². The summed E-state index contributed by atoms with van der Waals surface area (Å²) in [7, 11) is 0. The van der Waals surface area contributed by atoms with Crippen LogP contribution in [0, 0.1) is 0 Å². The predicted octanol–water partition coefficient (Wildman–Crippen LogP) is 0.272. The van der Waals surface area contributed by atoms with Crippen molar-refractivity contribution < 1.29 is 9.53 Å². The molecule has 1 amide bonds. The number of nitrogens with one attached hydrogen (secondary N) is 1. The zero-order chi connectivity index (χ0) is 10.5. The summed E-state index contributed by atoms with van der Waals surface area (Å²) < 4.78 is 5.57. The lowest BCUT2D eigenvalue weighted by Gasteiger charge is -2.28. The van der Waals surface area contributed by atoms with Gasteiger partial charge in [0.05, 0.1) is 5.54 Å². The van der Waals surface area contributed by atoms with E-state index in [-0.39, 0.29) is 5.91 Å². The Labute approximate surface area is 86.6 Å². The number of aromatic nitrogens is 1. The molecule has 0 aromatic carbocycles. The number of anilines is 1. The Morgan fingerprint density at radius 1 is 1.60 bits per heavy atom. The molecule has 1 unspecified atom stereocenters. The van der Waals surface area contributed by atoms with E-state index < -0.39 is 11.6 Å². The molecule has 1 aliphatic heterocycles. The van der Waals surface area contributed by atoms with Crippen LogP contribution < -0.4 is 15.8 Å². The van der Waals surface area contributed by atoms with Crippen LogP contribution in [0.3, 0.4) is 0 Å². The topological polar surface area (TPSA) is 77.2 Å². The summed E-state index contributed by atoms with van der Waals surface area (Å²) in [6.07, 6.45) is 2.70. The fraction of sp³-hybridized carbons (Fsp3) is 0.400. The average molecular weight is 205 g/mol. The van der Waals surface area contributed by atoms with Gasteiger partial charge in [-0.15, -0.1) is 0 Å². The number of pyridine rings is 1. The van der Waals surface area contributed by atoms with E-state index in [9.17, 15) is 4.79 Å². The first-order valence-electron chi connectivity index (χ1n) is 4.90. The summed E-state index contributed by atoms with van der Waals surface area (Å²) in [4.78, 5) is 15.7. The normalized spacial score (nSPS) is 26.2. The molecule has 1 fully saturated rings. The third-order valence-corrected chi connectivity index (χ3v) is 2.84. The number of hydrogen-bond donors (Lipinski definition) is 2. The highest BCUT2D eigenvalue weighted by atomic mass is 16.5. The maximum Gasteiger partial charge on any atom is 0.268 e. The van der Waals surface area contributed by atoms with E-state index in [2.05, 4.69) is 10.3 Å². The maximum absolute atomic E-state index is 11.7. The third kappa shape index (κ3) is 1.27. The highest BCUT2D eigenvalue weighted by Gasteiger charge is 2.52. The van der Waals surface area contributed by atoms with Crippen LogP contribution in [0.25, 0.3) is 0 Å². The van der Waals surface area contributed by atoms with Crippen LogP contribution in [0.5, 0.6) is 5.75 Å². The van der Waals surface area contributed by atoms with Crippen LogP contribution in [0.15, 0.2) is 18.3 Å². The Kier molecular flexibility index (Phi) is 1.56. The van der Waals surface area contributed by atoms with E-state index in [0.717, 1.165) is 12.8 Å². The smallest absolute Gasteiger partial charge is 0.268 e. The number of fused-ring (bicyclic) bond motifs is 1. The van der Waals surface area contributed by atoms with Crippen LogP contribution >= 0.6 is 0 Å². The van der Waals surface area contributed by atoms with Crippen LogP contribution in [-0.4, -0.2) is 22.5 Å². The fourth-order valence-corrected chi connectivity index (χ4v) is 1.73. The van der Waals surface area contributed by atoms with E-state index in [1.807, 2.05) is 0 Å². The van der Waals surface area contributed by atoms with Gasteiger partial charge in [0, 0.05) is 6.20 Å². The summed E-state index contributed by atoms with van der Waals surface area (Å²) >= 11 is 0. The molecule has 3 rings (SSSR count).